The van der Waals surface area contributed by atoms with Gasteiger partial charge in [-0.2, -0.15) is 0 Å². The zero-order chi connectivity index (χ0) is 18.7. The normalized spacial score (nSPS) is 49.5. The van der Waals surface area contributed by atoms with E-state index < -0.39 is 11.5 Å². The standard InChI is InChI=1S/C22H26N2O3/c1-4-12-11-24-16-9-14(12)22(20(26)27-3)17(24)10-21(19(22)25)13-7-5-6-8-15(13)23(2)18(16)21/h4-8,14,16-19,25H,9-11H2,1-3H3/b12-4-/t14-,16-,17-,18+,19-,21?,22?/m0/s1. The molecule has 3 unspecified atom stereocenters. The summed E-state index contributed by atoms with van der Waals surface area (Å²) in [6, 6.07) is 9.09. The third-order valence-corrected chi connectivity index (χ3v) is 8.72. The van der Waals surface area contributed by atoms with Gasteiger partial charge in [-0.3, -0.25) is 9.69 Å². The first-order valence-corrected chi connectivity index (χ1v) is 10.0. The highest BCUT2D eigenvalue weighted by Gasteiger charge is 2.82. The van der Waals surface area contributed by atoms with Crippen molar-refractivity contribution in [1.82, 2.24) is 4.90 Å². The van der Waals surface area contributed by atoms with Crippen LogP contribution in [-0.4, -0.2) is 60.9 Å². The van der Waals surface area contributed by atoms with Crippen molar-refractivity contribution in [3.63, 3.8) is 0 Å². The Morgan fingerprint density at radius 1 is 1.37 bits per heavy atom. The monoisotopic (exact) mass is 366 g/mol. The number of para-hydroxylation sites is 1. The van der Waals surface area contributed by atoms with Crippen molar-refractivity contribution in [2.24, 2.45) is 11.3 Å². The minimum Gasteiger partial charge on any atom is -0.468 e. The molecular weight excluding hydrogens is 340 g/mol. The fourth-order valence-electron chi connectivity index (χ4n) is 7.97. The molecule has 5 bridgehead atoms. The van der Waals surface area contributed by atoms with Crippen LogP contribution in [0.25, 0.3) is 0 Å². The Bertz CT molecular complexity index is 897. The molecule has 6 aliphatic rings. The maximum Gasteiger partial charge on any atom is 0.316 e. The number of carbonyl (C=O) groups is 1. The van der Waals surface area contributed by atoms with Crippen LogP contribution in [0, 0.1) is 11.3 Å². The highest BCUT2D eigenvalue weighted by molar-refractivity contribution is 5.84. The van der Waals surface area contributed by atoms with E-state index in [1.807, 2.05) is 0 Å². The number of hydrogen-bond acceptors (Lipinski definition) is 5. The molecule has 0 radical (unpaired) electrons. The summed E-state index contributed by atoms with van der Waals surface area (Å²) < 4.78 is 5.37. The number of fused-ring (bicyclic) bond motifs is 2. The van der Waals surface area contributed by atoms with Crippen LogP contribution in [0.3, 0.4) is 0 Å². The first-order chi connectivity index (χ1) is 13.0. The van der Waals surface area contributed by atoms with Gasteiger partial charge in [0.15, 0.2) is 0 Å². The van der Waals surface area contributed by atoms with Gasteiger partial charge >= 0.3 is 5.97 Å². The minimum atomic E-state index is -0.849. The van der Waals surface area contributed by atoms with Gasteiger partial charge in [-0.15, -0.1) is 0 Å². The Labute approximate surface area is 159 Å². The van der Waals surface area contributed by atoms with Gasteiger partial charge in [0.05, 0.1) is 19.3 Å². The van der Waals surface area contributed by atoms with Gasteiger partial charge in [0.1, 0.15) is 5.41 Å². The summed E-state index contributed by atoms with van der Waals surface area (Å²) in [5.74, 6) is -0.146. The maximum atomic E-state index is 13.3. The molecule has 5 aliphatic heterocycles. The van der Waals surface area contributed by atoms with E-state index in [2.05, 4.69) is 54.1 Å². The quantitative estimate of drug-likeness (QED) is 0.606. The number of ether oxygens (including phenoxy) is 1. The van der Waals surface area contributed by atoms with Crippen LogP contribution in [0.15, 0.2) is 35.9 Å². The molecule has 5 fully saturated rings. The molecule has 1 aromatic rings. The molecule has 5 heteroatoms. The first kappa shape index (κ1) is 16.1. The van der Waals surface area contributed by atoms with E-state index >= 15 is 0 Å². The third kappa shape index (κ3) is 1.40. The van der Waals surface area contributed by atoms with E-state index in [9.17, 15) is 9.90 Å². The van der Waals surface area contributed by atoms with Crippen molar-refractivity contribution in [3.05, 3.63) is 41.5 Å². The van der Waals surface area contributed by atoms with E-state index in [4.69, 9.17) is 4.74 Å². The molecule has 0 amide bonds. The number of hydrogen-bond donors (Lipinski definition) is 1. The summed E-state index contributed by atoms with van der Waals surface area (Å²) in [6.45, 7) is 2.97. The summed E-state index contributed by atoms with van der Waals surface area (Å²) in [7, 11) is 3.63. The van der Waals surface area contributed by atoms with Gasteiger partial charge in [-0.25, -0.2) is 0 Å². The second kappa shape index (κ2) is 4.76. The molecule has 4 saturated heterocycles. The Morgan fingerprint density at radius 2 is 2.15 bits per heavy atom. The van der Waals surface area contributed by atoms with Crippen LogP contribution in [0.2, 0.25) is 0 Å². The number of likely N-dealkylation sites (N-methyl/N-ethyl adjacent to an activating group) is 1. The second-order valence-electron chi connectivity index (χ2n) is 9.05. The summed E-state index contributed by atoms with van der Waals surface area (Å²) in [4.78, 5) is 18.2. The van der Waals surface area contributed by atoms with Crippen LogP contribution < -0.4 is 4.90 Å². The van der Waals surface area contributed by atoms with Gasteiger partial charge in [0.25, 0.3) is 0 Å². The third-order valence-electron chi connectivity index (χ3n) is 8.72. The van der Waals surface area contributed by atoms with Crippen molar-refractivity contribution < 1.29 is 14.6 Å². The predicted molar refractivity (Wildman–Crippen MR) is 102 cm³/mol. The minimum absolute atomic E-state index is 0.0585. The van der Waals surface area contributed by atoms with Crippen molar-refractivity contribution in [3.8, 4) is 0 Å². The van der Waals surface area contributed by atoms with Gasteiger partial charge in [0, 0.05) is 42.7 Å². The average molecular weight is 366 g/mol. The average Bonchev–Trinajstić information content (AvgIpc) is 3.08. The first-order valence-electron chi connectivity index (χ1n) is 10.0. The molecule has 0 aromatic heterocycles. The predicted octanol–water partition coefficient (Wildman–Crippen LogP) is 1.70. The molecular formula is C22H26N2O3. The van der Waals surface area contributed by atoms with Crippen molar-refractivity contribution in [1.29, 1.82) is 0 Å². The van der Waals surface area contributed by atoms with E-state index in [1.54, 1.807) is 0 Å². The molecule has 1 saturated carbocycles. The van der Waals surface area contributed by atoms with Crippen LogP contribution in [-0.2, 0) is 14.9 Å². The summed E-state index contributed by atoms with van der Waals surface area (Å²) in [5, 5.41) is 12.0. The number of aliphatic hydroxyl groups excluding tert-OH is 1. The number of rotatable bonds is 1. The van der Waals surface area contributed by atoms with E-state index in [0.717, 1.165) is 19.4 Å². The maximum absolute atomic E-state index is 13.3. The summed E-state index contributed by atoms with van der Waals surface area (Å²) in [5.41, 5.74) is 2.48. The SMILES string of the molecule is C/C=C1/CN2[C@H]3CC45c6ccccc6N(C)[C@@H]4[C@@H]2C[C@@H]1C3(C(=O)OC)[C@H]5O. The number of nitrogens with zero attached hydrogens (tertiary/aromatic N) is 2. The number of piperidine rings is 4. The number of carbonyl (C=O) groups excluding carboxylic acids is 1. The van der Waals surface area contributed by atoms with Crippen LogP contribution >= 0.6 is 0 Å². The summed E-state index contributed by atoms with van der Waals surface area (Å²) in [6.07, 6.45) is 3.19. The van der Waals surface area contributed by atoms with E-state index in [0.29, 0.717) is 6.04 Å². The molecule has 7 rings (SSSR count). The van der Waals surface area contributed by atoms with Crippen molar-refractivity contribution >= 4 is 11.7 Å². The zero-order valence-corrected chi connectivity index (χ0v) is 16.1. The molecule has 1 aromatic carbocycles. The topological polar surface area (TPSA) is 53.0 Å². The van der Waals surface area contributed by atoms with Crippen molar-refractivity contribution in [2.75, 3.05) is 25.6 Å². The van der Waals surface area contributed by atoms with Crippen LogP contribution in [0.5, 0.6) is 0 Å². The lowest BCUT2D eigenvalue weighted by Crippen LogP contribution is -2.71. The lowest BCUT2D eigenvalue weighted by atomic mass is 9.58. The van der Waals surface area contributed by atoms with Crippen LogP contribution in [0.1, 0.15) is 25.3 Å². The van der Waals surface area contributed by atoms with Gasteiger partial charge in [-0.1, -0.05) is 29.8 Å². The molecule has 1 N–H and O–H groups in total. The van der Waals surface area contributed by atoms with Crippen molar-refractivity contribution in [2.45, 2.75) is 49.4 Å². The fourth-order valence-corrected chi connectivity index (χ4v) is 7.97. The largest absolute Gasteiger partial charge is 0.468 e. The molecule has 5 nitrogen and oxygen atoms in total. The number of esters is 1. The Morgan fingerprint density at radius 3 is 2.89 bits per heavy atom. The lowest BCUT2D eigenvalue weighted by Gasteiger charge is -2.61. The number of benzene rings is 1. The Balaban J connectivity index is 1.67. The number of aliphatic hydroxyl groups is 1. The van der Waals surface area contributed by atoms with E-state index in [1.165, 1.54) is 23.9 Å². The Hall–Kier alpha value is -1.85. The second-order valence-corrected chi connectivity index (χ2v) is 9.05. The molecule has 5 heterocycles. The molecule has 8 atom stereocenters. The lowest BCUT2D eigenvalue weighted by molar-refractivity contribution is -0.179. The van der Waals surface area contributed by atoms with E-state index in [-0.39, 0.29) is 29.4 Å². The molecule has 1 spiro atoms. The molecule has 142 valence electrons. The smallest absolute Gasteiger partial charge is 0.316 e. The Kier molecular flexibility index (Phi) is 2.84. The number of anilines is 1. The molecule has 1 aliphatic carbocycles. The van der Waals surface area contributed by atoms with Gasteiger partial charge in [-0.05, 0) is 31.4 Å². The fraction of sp³-hybridized carbons (Fsp3) is 0.591. The highest BCUT2D eigenvalue weighted by Crippen LogP contribution is 2.72. The van der Waals surface area contributed by atoms with Gasteiger partial charge in [0.2, 0.25) is 0 Å². The number of allylic oxidation sites excluding steroid dienone is 1. The molecule has 27 heavy (non-hydrogen) atoms. The highest BCUT2D eigenvalue weighted by atomic mass is 16.5. The van der Waals surface area contributed by atoms with Crippen LogP contribution in [0.4, 0.5) is 5.69 Å². The summed E-state index contributed by atoms with van der Waals surface area (Å²) >= 11 is 0. The van der Waals surface area contributed by atoms with Gasteiger partial charge < -0.3 is 14.7 Å². The number of methoxy groups -OCH3 is 1. The zero-order valence-electron chi connectivity index (χ0n) is 16.1.